The van der Waals surface area contributed by atoms with Gasteiger partial charge in [0.2, 0.25) is 5.69 Å². The van der Waals surface area contributed by atoms with E-state index in [-0.39, 0.29) is 23.7 Å². The third-order valence-electron chi connectivity index (χ3n) is 4.13. The molecular weight excluding hydrogens is 405 g/mol. The maximum Gasteiger partial charge on any atom is 0.362 e. The number of hydrogen-bond donors (Lipinski definition) is 1. The van der Waals surface area contributed by atoms with Gasteiger partial charge in [-0.1, -0.05) is 17.7 Å². The predicted molar refractivity (Wildman–Crippen MR) is 111 cm³/mol. The van der Waals surface area contributed by atoms with Crippen molar-refractivity contribution < 1.29 is 23.5 Å². The molecule has 3 rings (SSSR count). The van der Waals surface area contributed by atoms with Gasteiger partial charge in [0.25, 0.3) is 11.5 Å². The van der Waals surface area contributed by atoms with Crippen molar-refractivity contribution in [3.05, 3.63) is 82.0 Å². The number of amides is 1. The normalized spacial score (nSPS) is 10.4. The first kappa shape index (κ1) is 21.7. The predicted octanol–water partition coefficient (Wildman–Crippen LogP) is 2.87. The Kier molecular flexibility index (Phi) is 6.76. The molecule has 8 nitrogen and oxygen atoms in total. The number of nitrogens with zero attached hydrogens (tertiary/aromatic N) is 2. The van der Waals surface area contributed by atoms with Crippen LogP contribution < -0.4 is 15.6 Å². The van der Waals surface area contributed by atoms with Gasteiger partial charge in [-0.15, -0.1) is 0 Å². The summed E-state index contributed by atoms with van der Waals surface area (Å²) in [6.07, 6.45) is 0. The van der Waals surface area contributed by atoms with Gasteiger partial charge >= 0.3 is 5.97 Å². The summed E-state index contributed by atoms with van der Waals surface area (Å²) in [6.45, 7) is 3.15. The van der Waals surface area contributed by atoms with Gasteiger partial charge in [-0.2, -0.15) is 9.78 Å². The van der Waals surface area contributed by atoms with Crippen molar-refractivity contribution in [3.8, 4) is 11.4 Å². The van der Waals surface area contributed by atoms with Crippen LogP contribution in [0, 0.1) is 12.7 Å². The van der Waals surface area contributed by atoms with E-state index in [1.54, 1.807) is 19.1 Å². The molecule has 1 heterocycles. The number of benzene rings is 2. The zero-order valence-corrected chi connectivity index (χ0v) is 16.9. The Morgan fingerprint density at radius 1 is 1.10 bits per heavy atom. The Hall–Kier alpha value is -4.01. The lowest BCUT2D eigenvalue weighted by Crippen LogP contribution is -2.27. The number of ether oxygens (including phenoxy) is 2. The first-order valence-electron chi connectivity index (χ1n) is 9.44. The van der Waals surface area contributed by atoms with Gasteiger partial charge < -0.3 is 14.8 Å². The number of aryl methyl sites for hydroxylation is 1. The standard InChI is InChI=1S/C22H20FN3O5/c1-3-30-22(29)21-18(31-13-19(27)24-16-8-4-14(2)5-9-16)12-20(28)26(25-21)17-10-6-15(23)7-11-17/h4-12H,3,13H2,1-2H3,(H,24,27). The summed E-state index contributed by atoms with van der Waals surface area (Å²) in [5.41, 5.74) is 0.957. The monoisotopic (exact) mass is 425 g/mol. The number of nitrogens with one attached hydrogen (secondary N) is 1. The van der Waals surface area contributed by atoms with Gasteiger partial charge in [-0.25, -0.2) is 9.18 Å². The van der Waals surface area contributed by atoms with E-state index in [1.807, 2.05) is 19.1 Å². The summed E-state index contributed by atoms with van der Waals surface area (Å²) in [7, 11) is 0. The van der Waals surface area contributed by atoms with Crippen molar-refractivity contribution in [1.82, 2.24) is 9.78 Å². The van der Waals surface area contributed by atoms with Crippen LogP contribution in [-0.4, -0.2) is 34.9 Å². The number of esters is 1. The molecule has 160 valence electrons. The van der Waals surface area contributed by atoms with E-state index in [4.69, 9.17) is 9.47 Å². The first-order chi connectivity index (χ1) is 14.9. The van der Waals surface area contributed by atoms with Crippen LogP contribution in [0.1, 0.15) is 23.0 Å². The van der Waals surface area contributed by atoms with Crippen molar-refractivity contribution in [1.29, 1.82) is 0 Å². The second-order valence-electron chi connectivity index (χ2n) is 6.51. The van der Waals surface area contributed by atoms with Crippen LogP contribution in [0.2, 0.25) is 0 Å². The molecule has 0 aliphatic rings. The van der Waals surface area contributed by atoms with Crippen LogP contribution in [0.15, 0.2) is 59.4 Å². The molecule has 0 unspecified atom stereocenters. The minimum atomic E-state index is -0.827. The molecule has 1 N–H and O–H groups in total. The summed E-state index contributed by atoms with van der Waals surface area (Å²) >= 11 is 0. The zero-order chi connectivity index (χ0) is 22.4. The fourth-order valence-electron chi connectivity index (χ4n) is 2.64. The van der Waals surface area contributed by atoms with Gasteiger partial charge in [-0.05, 0) is 50.2 Å². The van der Waals surface area contributed by atoms with Crippen LogP contribution in [-0.2, 0) is 9.53 Å². The molecule has 9 heteroatoms. The van der Waals surface area contributed by atoms with Gasteiger partial charge in [0.1, 0.15) is 5.82 Å². The highest BCUT2D eigenvalue weighted by Crippen LogP contribution is 2.17. The lowest BCUT2D eigenvalue weighted by atomic mass is 10.2. The molecule has 0 radical (unpaired) electrons. The lowest BCUT2D eigenvalue weighted by Gasteiger charge is -2.12. The minimum Gasteiger partial charge on any atom is -0.481 e. The molecule has 0 spiro atoms. The Labute approximate surface area is 177 Å². The SMILES string of the molecule is CCOC(=O)c1nn(-c2ccc(F)cc2)c(=O)cc1OCC(=O)Nc1ccc(C)cc1. The van der Waals surface area contributed by atoms with Crippen molar-refractivity contribution in [2.24, 2.45) is 0 Å². The maximum absolute atomic E-state index is 13.2. The molecule has 0 saturated carbocycles. The van der Waals surface area contributed by atoms with Crippen LogP contribution in [0.4, 0.5) is 10.1 Å². The summed E-state index contributed by atoms with van der Waals surface area (Å²) in [5, 5.41) is 6.66. The molecule has 0 bridgehead atoms. The van der Waals surface area contributed by atoms with Gasteiger partial charge in [0.15, 0.2) is 12.4 Å². The largest absolute Gasteiger partial charge is 0.481 e. The Morgan fingerprint density at radius 3 is 2.42 bits per heavy atom. The van der Waals surface area contributed by atoms with Crippen LogP contribution in [0.25, 0.3) is 5.69 Å². The molecule has 0 aliphatic carbocycles. The molecular formula is C22H20FN3O5. The number of carbonyl (C=O) groups is 2. The van der Waals surface area contributed by atoms with E-state index in [0.29, 0.717) is 5.69 Å². The van der Waals surface area contributed by atoms with Gasteiger partial charge in [0, 0.05) is 5.69 Å². The van der Waals surface area contributed by atoms with E-state index in [1.165, 1.54) is 12.1 Å². The zero-order valence-electron chi connectivity index (χ0n) is 16.9. The number of aromatic nitrogens is 2. The van der Waals surface area contributed by atoms with E-state index in [0.717, 1.165) is 28.4 Å². The molecule has 0 saturated heterocycles. The lowest BCUT2D eigenvalue weighted by molar-refractivity contribution is -0.118. The summed E-state index contributed by atoms with van der Waals surface area (Å²) < 4.78 is 24.5. The maximum atomic E-state index is 13.2. The smallest absolute Gasteiger partial charge is 0.362 e. The van der Waals surface area contributed by atoms with E-state index < -0.39 is 29.9 Å². The van der Waals surface area contributed by atoms with Crippen molar-refractivity contribution in [2.75, 3.05) is 18.5 Å². The molecule has 1 aromatic heterocycles. The molecule has 2 aromatic carbocycles. The summed E-state index contributed by atoms with van der Waals surface area (Å²) in [6, 6.07) is 13.2. The third kappa shape index (κ3) is 5.53. The van der Waals surface area contributed by atoms with E-state index in [2.05, 4.69) is 10.4 Å². The Balaban J connectivity index is 1.84. The highest BCUT2D eigenvalue weighted by atomic mass is 19.1. The average molecular weight is 425 g/mol. The topological polar surface area (TPSA) is 99.5 Å². The average Bonchev–Trinajstić information content (AvgIpc) is 2.75. The fourth-order valence-corrected chi connectivity index (χ4v) is 2.64. The molecule has 0 atom stereocenters. The van der Waals surface area contributed by atoms with Crippen molar-refractivity contribution >= 4 is 17.6 Å². The number of carbonyl (C=O) groups excluding carboxylic acids is 2. The van der Waals surface area contributed by atoms with Gasteiger partial charge in [-0.3, -0.25) is 9.59 Å². The molecule has 3 aromatic rings. The van der Waals surface area contributed by atoms with Crippen LogP contribution >= 0.6 is 0 Å². The van der Waals surface area contributed by atoms with Crippen LogP contribution in [0.3, 0.4) is 0 Å². The summed E-state index contributed by atoms with van der Waals surface area (Å²) in [5.74, 6) is -1.99. The van der Waals surface area contributed by atoms with Crippen LogP contribution in [0.5, 0.6) is 5.75 Å². The highest BCUT2D eigenvalue weighted by molar-refractivity contribution is 5.93. The third-order valence-corrected chi connectivity index (χ3v) is 4.13. The second kappa shape index (κ2) is 9.66. The minimum absolute atomic E-state index is 0.0730. The Morgan fingerprint density at radius 2 is 1.77 bits per heavy atom. The molecule has 0 aliphatic heterocycles. The molecule has 31 heavy (non-hydrogen) atoms. The Bertz CT molecular complexity index is 1140. The highest BCUT2D eigenvalue weighted by Gasteiger charge is 2.20. The van der Waals surface area contributed by atoms with Crippen molar-refractivity contribution in [2.45, 2.75) is 13.8 Å². The fraction of sp³-hybridized carbons (Fsp3) is 0.182. The number of halogens is 1. The van der Waals surface area contributed by atoms with Crippen molar-refractivity contribution in [3.63, 3.8) is 0 Å². The first-order valence-corrected chi connectivity index (χ1v) is 9.44. The molecule has 1 amide bonds. The van der Waals surface area contributed by atoms with E-state index >= 15 is 0 Å². The number of anilines is 1. The quantitative estimate of drug-likeness (QED) is 0.585. The number of rotatable bonds is 7. The van der Waals surface area contributed by atoms with E-state index in [9.17, 15) is 18.8 Å². The second-order valence-corrected chi connectivity index (χ2v) is 6.51. The number of hydrogen-bond acceptors (Lipinski definition) is 6. The van der Waals surface area contributed by atoms with Gasteiger partial charge in [0.05, 0.1) is 18.4 Å². The summed E-state index contributed by atoms with van der Waals surface area (Å²) in [4.78, 5) is 37.0. The molecule has 0 fully saturated rings.